The molecule has 47 heavy (non-hydrogen) atoms. The summed E-state index contributed by atoms with van der Waals surface area (Å²) in [5.74, 6) is 2.79. The zero-order valence-electron chi connectivity index (χ0n) is 29.3. The molecular formula is C39H58N2O6. The lowest BCUT2D eigenvalue weighted by Gasteiger charge is -2.60. The average Bonchev–Trinajstić information content (AvgIpc) is 3.62. The van der Waals surface area contributed by atoms with Gasteiger partial charge in [0, 0.05) is 18.9 Å². The standard InChI is InChI=1S/C39H58N2O6/c1-35(2)30-9-7-25-27-21-29-26(6-8-28(46-29)34(43)36(3,4)44)37(27,5)14-15-38(25)23-39(30,38)13-10-31(35)47-33-22-41(18-19-45-33)32(42)20-24-11-16-40-17-12-24/h11-12,16-17,25-31,33-34,43-44H,6-10,13-15,18-23H2,1-5H3/t25?,26?,27?,28?,29?,30?,31-,33?,34-,37?,38-,39?/m0/s1. The fraction of sp³-hybridized carbons (Fsp3) is 0.846. The van der Waals surface area contributed by atoms with E-state index in [0.717, 1.165) is 37.2 Å². The van der Waals surface area contributed by atoms with E-state index in [9.17, 15) is 15.0 Å². The number of ether oxygens (including phenoxy) is 3. The molecule has 5 saturated carbocycles. The number of carbonyl (C=O) groups excluding carboxylic acids is 1. The first-order valence-corrected chi connectivity index (χ1v) is 18.8. The molecule has 3 heterocycles. The number of fused-ring (bicyclic) bond motifs is 4. The zero-order valence-corrected chi connectivity index (χ0v) is 29.3. The third-order valence-electron chi connectivity index (χ3n) is 15.4. The third-order valence-corrected chi connectivity index (χ3v) is 15.4. The van der Waals surface area contributed by atoms with E-state index in [4.69, 9.17) is 14.2 Å². The van der Waals surface area contributed by atoms with Gasteiger partial charge in [-0.1, -0.05) is 20.8 Å². The summed E-state index contributed by atoms with van der Waals surface area (Å²) in [5.41, 5.74) is 1.09. The maximum atomic E-state index is 13.1. The molecule has 1 aromatic rings. The minimum absolute atomic E-state index is 0.0490. The molecule has 12 atom stereocenters. The van der Waals surface area contributed by atoms with Crippen molar-refractivity contribution in [1.82, 2.24) is 9.88 Å². The monoisotopic (exact) mass is 650 g/mol. The molecule has 8 rings (SSSR count). The van der Waals surface area contributed by atoms with Crippen LogP contribution in [0.5, 0.6) is 0 Å². The average molecular weight is 651 g/mol. The first kappa shape index (κ1) is 32.6. The zero-order chi connectivity index (χ0) is 33.0. The predicted molar refractivity (Wildman–Crippen MR) is 177 cm³/mol. The van der Waals surface area contributed by atoms with Gasteiger partial charge in [-0.15, -0.1) is 0 Å². The summed E-state index contributed by atoms with van der Waals surface area (Å²) in [6, 6.07) is 3.82. The van der Waals surface area contributed by atoms with E-state index in [2.05, 4.69) is 25.8 Å². The molecule has 8 nitrogen and oxygen atoms in total. The van der Waals surface area contributed by atoms with Crippen LogP contribution in [-0.2, 0) is 25.4 Å². The van der Waals surface area contributed by atoms with Crippen LogP contribution in [0.25, 0.3) is 0 Å². The number of carbonyl (C=O) groups is 1. The van der Waals surface area contributed by atoms with Crippen LogP contribution in [0.1, 0.15) is 104 Å². The Morgan fingerprint density at radius 3 is 2.57 bits per heavy atom. The first-order chi connectivity index (χ1) is 22.3. The molecule has 1 aromatic heterocycles. The summed E-state index contributed by atoms with van der Waals surface area (Å²) in [4.78, 5) is 19.1. The fourth-order valence-electron chi connectivity index (χ4n) is 13.1. The summed E-state index contributed by atoms with van der Waals surface area (Å²) >= 11 is 0. The summed E-state index contributed by atoms with van der Waals surface area (Å²) in [7, 11) is 0. The molecule has 0 radical (unpaired) electrons. The number of aliphatic hydroxyl groups is 2. The van der Waals surface area contributed by atoms with Crippen LogP contribution in [-0.4, -0.2) is 82.0 Å². The van der Waals surface area contributed by atoms with Gasteiger partial charge in [0.05, 0.1) is 43.5 Å². The lowest BCUT2D eigenvalue weighted by atomic mass is 9.46. The Labute approximate surface area is 281 Å². The van der Waals surface area contributed by atoms with E-state index in [0.29, 0.717) is 60.1 Å². The highest BCUT2D eigenvalue weighted by Gasteiger charge is 2.80. The highest BCUT2D eigenvalue weighted by atomic mass is 16.7. The fourth-order valence-corrected chi connectivity index (χ4v) is 13.1. The lowest BCUT2D eigenvalue weighted by Crippen LogP contribution is -2.56. The summed E-state index contributed by atoms with van der Waals surface area (Å²) in [6.07, 6.45) is 14.7. The van der Waals surface area contributed by atoms with Crippen LogP contribution < -0.4 is 0 Å². The van der Waals surface area contributed by atoms with Crippen molar-refractivity contribution in [2.24, 2.45) is 45.3 Å². The van der Waals surface area contributed by atoms with Crippen LogP contribution in [0.15, 0.2) is 24.5 Å². The van der Waals surface area contributed by atoms with Crippen LogP contribution in [0.2, 0.25) is 0 Å². The first-order valence-electron chi connectivity index (χ1n) is 18.8. The molecule has 2 saturated heterocycles. The quantitative estimate of drug-likeness (QED) is 0.418. The van der Waals surface area contributed by atoms with Crippen molar-refractivity contribution >= 4 is 5.91 Å². The van der Waals surface area contributed by atoms with Gasteiger partial charge in [-0.2, -0.15) is 0 Å². The molecule has 0 aromatic carbocycles. The highest BCUT2D eigenvalue weighted by Crippen LogP contribution is 2.87. The smallest absolute Gasteiger partial charge is 0.227 e. The number of pyridine rings is 1. The molecular weight excluding hydrogens is 592 g/mol. The van der Waals surface area contributed by atoms with Crippen LogP contribution in [0.4, 0.5) is 0 Å². The molecule has 1 amide bonds. The molecule has 2 spiro atoms. The molecule has 2 aliphatic heterocycles. The van der Waals surface area contributed by atoms with Gasteiger partial charge < -0.3 is 29.3 Å². The van der Waals surface area contributed by atoms with Crippen molar-refractivity contribution in [3.63, 3.8) is 0 Å². The van der Waals surface area contributed by atoms with Crippen molar-refractivity contribution < 1.29 is 29.2 Å². The van der Waals surface area contributed by atoms with Gasteiger partial charge in [0.2, 0.25) is 5.91 Å². The molecule has 8 heteroatoms. The maximum absolute atomic E-state index is 13.1. The number of hydrogen-bond donors (Lipinski definition) is 2. The van der Waals surface area contributed by atoms with E-state index >= 15 is 0 Å². The molecule has 7 aliphatic rings. The van der Waals surface area contributed by atoms with Gasteiger partial charge in [0.15, 0.2) is 6.29 Å². The molecule has 7 fully saturated rings. The Kier molecular flexibility index (Phi) is 7.78. The molecule has 5 aliphatic carbocycles. The maximum Gasteiger partial charge on any atom is 0.227 e. The molecule has 260 valence electrons. The number of rotatable bonds is 6. The predicted octanol–water partition coefficient (Wildman–Crippen LogP) is 5.53. The largest absolute Gasteiger partial charge is 0.388 e. The van der Waals surface area contributed by atoms with Gasteiger partial charge in [-0.25, -0.2) is 0 Å². The summed E-state index contributed by atoms with van der Waals surface area (Å²) in [6.45, 7) is 12.5. The Morgan fingerprint density at radius 1 is 1.04 bits per heavy atom. The van der Waals surface area contributed by atoms with E-state index < -0.39 is 11.7 Å². The van der Waals surface area contributed by atoms with E-state index in [-0.39, 0.29) is 35.9 Å². The van der Waals surface area contributed by atoms with Crippen molar-refractivity contribution in [3.8, 4) is 0 Å². The van der Waals surface area contributed by atoms with Crippen LogP contribution in [0.3, 0.4) is 0 Å². The number of morpholine rings is 1. The van der Waals surface area contributed by atoms with Gasteiger partial charge in [-0.3, -0.25) is 9.78 Å². The van der Waals surface area contributed by atoms with Crippen molar-refractivity contribution in [2.45, 2.75) is 142 Å². The van der Waals surface area contributed by atoms with Gasteiger partial charge >= 0.3 is 0 Å². The minimum Gasteiger partial charge on any atom is -0.388 e. The van der Waals surface area contributed by atoms with Crippen LogP contribution in [0, 0.1) is 45.3 Å². The number of amides is 1. The molecule has 0 bridgehead atoms. The second kappa shape index (κ2) is 11.2. The number of aromatic nitrogens is 1. The van der Waals surface area contributed by atoms with Gasteiger partial charge in [0.1, 0.15) is 6.10 Å². The van der Waals surface area contributed by atoms with E-state index in [1.165, 1.54) is 38.5 Å². The summed E-state index contributed by atoms with van der Waals surface area (Å²) in [5, 5.41) is 21.4. The number of nitrogens with zero attached hydrogens (tertiary/aromatic N) is 2. The molecule has 9 unspecified atom stereocenters. The normalized spacial score (nSPS) is 45.9. The number of aliphatic hydroxyl groups excluding tert-OH is 1. The lowest BCUT2D eigenvalue weighted by molar-refractivity contribution is -0.244. The third kappa shape index (κ3) is 5.00. The topological polar surface area (TPSA) is 101 Å². The van der Waals surface area contributed by atoms with Crippen molar-refractivity contribution in [3.05, 3.63) is 30.1 Å². The van der Waals surface area contributed by atoms with Gasteiger partial charge in [-0.05, 0) is 141 Å². The minimum atomic E-state index is -1.15. The van der Waals surface area contributed by atoms with E-state index in [1.54, 1.807) is 26.2 Å². The van der Waals surface area contributed by atoms with Gasteiger partial charge in [0.25, 0.3) is 0 Å². The number of hydrogen-bond acceptors (Lipinski definition) is 7. The Morgan fingerprint density at radius 2 is 1.81 bits per heavy atom. The highest BCUT2D eigenvalue weighted by molar-refractivity contribution is 5.78. The van der Waals surface area contributed by atoms with Crippen molar-refractivity contribution in [1.29, 1.82) is 0 Å². The molecule has 2 N–H and O–H groups in total. The summed E-state index contributed by atoms with van der Waals surface area (Å²) < 4.78 is 19.7. The van der Waals surface area contributed by atoms with E-state index in [1.807, 2.05) is 17.0 Å². The van der Waals surface area contributed by atoms with Crippen LogP contribution >= 0.6 is 0 Å². The second-order valence-corrected chi connectivity index (χ2v) is 18.2. The Balaban J connectivity index is 0.936. The van der Waals surface area contributed by atoms with Crippen molar-refractivity contribution in [2.75, 3.05) is 19.7 Å². The Bertz CT molecular complexity index is 1350. The Hall–Kier alpha value is -1.58. The SMILES string of the molecule is CC12CC[C@@]34CC35CC[C@H](OC3CN(C(=O)Cc6ccncc6)CCO3)C(C)(C)C5CCC4C1CC1OC([C@H](O)C(C)(C)O)CCC12. The second-order valence-electron chi connectivity index (χ2n) is 18.2.